The number of sulfonamides is 1. The fraction of sp³-hybridized carbons (Fsp3) is 0.538. The Labute approximate surface area is 122 Å². The van der Waals surface area contributed by atoms with Gasteiger partial charge in [-0.25, -0.2) is 8.42 Å². The van der Waals surface area contributed by atoms with E-state index in [4.69, 9.17) is 5.11 Å². The van der Waals surface area contributed by atoms with Crippen molar-refractivity contribution >= 4 is 10.0 Å². The van der Waals surface area contributed by atoms with Crippen LogP contribution in [0.25, 0.3) is 0 Å². The second-order valence-corrected chi connectivity index (χ2v) is 6.67. The highest BCUT2D eigenvalue weighted by Crippen LogP contribution is 2.22. The van der Waals surface area contributed by atoms with E-state index in [0.717, 1.165) is 4.31 Å². The smallest absolute Gasteiger partial charge is 0.389 e. The first-order chi connectivity index (χ1) is 9.74. The van der Waals surface area contributed by atoms with Crippen molar-refractivity contribution in [2.75, 3.05) is 18.9 Å². The summed E-state index contributed by atoms with van der Waals surface area (Å²) in [4.78, 5) is 0. The van der Waals surface area contributed by atoms with Gasteiger partial charge in [0.1, 0.15) is 0 Å². The molecular weight excluding hydrogens is 307 g/mol. The molecule has 0 atom stereocenters. The molecule has 0 fully saturated rings. The lowest BCUT2D eigenvalue weighted by molar-refractivity contribution is -0.134. The Morgan fingerprint density at radius 3 is 2.29 bits per heavy atom. The van der Waals surface area contributed by atoms with Gasteiger partial charge in [-0.2, -0.15) is 17.5 Å². The molecule has 1 N–H and O–H groups in total. The predicted molar refractivity (Wildman–Crippen MR) is 73.0 cm³/mol. The van der Waals surface area contributed by atoms with Gasteiger partial charge >= 0.3 is 6.18 Å². The monoisotopic (exact) mass is 325 g/mol. The molecule has 0 unspecified atom stereocenters. The minimum absolute atomic E-state index is 0.0375. The minimum atomic E-state index is -4.36. The zero-order valence-corrected chi connectivity index (χ0v) is 12.2. The number of aliphatic hydroxyl groups is 1. The zero-order chi connectivity index (χ0) is 15.9. The van der Waals surface area contributed by atoms with Crippen LogP contribution in [0.4, 0.5) is 13.2 Å². The summed E-state index contributed by atoms with van der Waals surface area (Å²) in [7, 11) is -3.83. The molecule has 8 heteroatoms. The highest BCUT2D eigenvalue weighted by molar-refractivity contribution is 7.89. The maximum Gasteiger partial charge on any atom is 0.389 e. The van der Waals surface area contributed by atoms with Gasteiger partial charge in [0.2, 0.25) is 10.0 Å². The van der Waals surface area contributed by atoms with Gasteiger partial charge in [0.25, 0.3) is 0 Å². The lowest BCUT2D eigenvalue weighted by Gasteiger charge is -2.21. The van der Waals surface area contributed by atoms with Crippen molar-refractivity contribution in [2.45, 2.75) is 25.6 Å². The summed E-state index contributed by atoms with van der Waals surface area (Å²) in [6.07, 6.45) is -5.98. The summed E-state index contributed by atoms with van der Waals surface area (Å²) in [5, 5.41) is 8.95. The standard InChI is InChI=1S/C13H18F3NO3S/c14-13(15,16)7-4-10-21(19,20)17(8-9-18)11-12-5-2-1-3-6-12/h1-3,5-6,18H,4,7-11H2. The Bertz CT molecular complexity index is 517. The number of alkyl halides is 3. The quantitative estimate of drug-likeness (QED) is 0.797. The number of halogens is 3. The molecule has 0 aliphatic heterocycles. The SMILES string of the molecule is O=S(=O)(CCCC(F)(F)F)N(CCO)Cc1ccccc1. The number of nitrogens with zero attached hydrogens (tertiary/aromatic N) is 1. The Hall–Kier alpha value is -1.12. The van der Waals surface area contributed by atoms with Gasteiger partial charge < -0.3 is 5.11 Å². The highest BCUT2D eigenvalue weighted by atomic mass is 32.2. The van der Waals surface area contributed by atoms with Crippen molar-refractivity contribution < 1.29 is 26.7 Å². The van der Waals surface area contributed by atoms with Gasteiger partial charge in [-0.05, 0) is 12.0 Å². The molecule has 0 bridgehead atoms. The molecule has 1 aromatic rings. The molecule has 21 heavy (non-hydrogen) atoms. The fourth-order valence-corrected chi connectivity index (χ4v) is 3.27. The topological polar surface area (TPSA) is 57.6 Å². The third-order valence-corrected chi connectivity index (χ3v) is 4.71. The van der Waals surface area contributed by atoms with E-state index in [2.05, 4.69) is 0 Å². The summed E-state index contributed by atoms with van der Waals surface area (Å²) < 4.78 is 61.4. The van der Waals surface area contributed by atoms with Crippen molar-refractivity contribution in [2.24, 2.45) is 0 Å². The Kier molecular flexibility index (Phi) is 6.63. The lowest BCUT2D eigenvalue weighted by Crippen LogP contribution is -2.35. The average Bonchev–Trinajstić information content (AvgIpc) is 2.37. The maximum atomic E-state index is 12.1. The van der Waals surface area contributed by atoms with Crippen LogP contribution in [0, 0.1) is 0 Å². The van der Waals surface area contributed by atoms with Crippen LogP contribution in [0.1, 0.15) is 18.4 Å². The van der Waals surface area contributed by atoms with Crippen molar-refractivity contribution in [3.63, 3.8) is 0 Å². The summed E-state index contributed by atoms with van der Waals surface area (Å²) >= 11 is 0. The first-order valence-corrected chi connectivity index (χ1v) is 8.05. The fourth-order valence-electron chi connectivity index (χ4n) is 1.80. The summed E-state index contributed by atoms with van der Waals surface area (Å²) in [6, 6.07) is 8.69. The minimum Gasteiger partial charge on any atom is -0.395 e. The van der Waals surface area contributed by atoms with E-state index in [1.54, 1.807) is 30.3 Å². The van der Waals surface area contributed by atoms with Crippen molar-refractivity contribution in [1.82, 2.24) is 4.31 Å². The van der Waals surface area contributed by atoms with Crippen LogP contribution in [-0.2, 0) is 16.6 Å². The molecular formula is C13H18F3NO3S. The maximum absolute atomic E-state index is 12.1. The highest BCUT2D eigenvalue weighted by Gasteiger charge is 2.29. The van der Waals surface area contributed by atoms with Gasteiger partial charge in [-0.15, -0.1) is 0 Å². The molecule has 1 aromatic carbocycles. The van der Waals surface area contributed by atoms with Crippen LogP contribution < -0.4 is 0 Å². The Morgan fingerprint density at radius 1 is 1.14 bits per heavy atom. The van der Waals surface area contributed by atoms with E-state index in [1.165, 1.54) is 0 Å². The second kappa shape index (κ2) is 7.77. The summed E-state index contributed by atoms with van der Waals surface area (Å²) in [5.41, 5.74) is 0.713. The number of rotatable bonds is 8. The molecule has 0 spiro atoms. The molecule has 0 aromatic heterocycles. The summed E-state index contributed by atoms with van der Waals surface area (Å²) in [6.45, 7) is -0.482. The molecule has 4 nitrogen and oxygen atoms in total. The number of benzene rings is 1. The normalized spacial score (nSPS) is 12.8. The van der Waals surface area contributed by atoms with E-state index in [1.807, 2.05) is 0 Å². The molecule has 0 aliphatic rings. The van der Waals surface area contributed by atoms with Gasteiger partial charge in [-0.3, -0.25) is 0 Å². The first-order valence-electron chi connectivity index (χ1n) is 6.44. The second-order valence-electron chi connectivity index (χ2n) is 4.58. The largest absolute Gasteiger partial charge is 0.395 e. The van der Waals surface area contributed by atoms with E-state index < -0.39 is 34.8 Å². The van der Waals surface area contributed by atoms with Crippen molar-refractivity contribution in [3.8, 4) is 0 Å². The number of hydrogen-bond donors (Lipinski definition) is 1. The lowest BCUT2D eigenvalue weighted by atomic mass is 10.2. The number of aliphatic hydroxyl groups excluding tert-OH is 1. The average molecular weight is 325 g/mol. The van der Waals surface area contributed by atoms with Gasteiger partial charge in [0.05, 0.1) is 12.4 Å². The van der Waals surface area contributed by atoms with E-state index in [-0.39, 0.29) is 19.7 Å². The van der Waals surface area contributed by atoms with E-state index >= 15 is 0 Å². The molecule has 1 rings (SSSR count). The molecule has 0 aliphatic carbocycles. The van der Waals surface area contributed by atoms with Crippen LogP contribution in [0.2, 0.25) is 0 Å². The van der Waals surface area contributed by atoms with Gasteiger partial charge in [-0.1, -0.05) is 30.3 Å². The molecule has 120 valence electrons. The molecule has 0 saturated heterocycles. The molecule has 0 saturated carbocycles. The Balaban J connectivity index is 2.69. The van der Waals surface area contributed by atoms with Gasteiger partial charge in [0, 0.05) is 19.5 Å². The summed E-state index contributed by atoms with van der Waals surface area (Å²) in [5.74, 6) is -0.584. The molecule has 0 amide bonds. The van der Waals surface area contributed by atoms with Crippen LogP contribution in [0.5, 0.6) is 0 Å². The van der Waals surface area contributed by atoms with Crippen LogP contribution in [-0.4, -0.2) is 42.9 Å². The number of hydrogen-bond acceptors (Lipinski definition) is 3. The Morgan fingerprint density at radius 2 is 1.76 bits per heavy atom. The van der Waals surface area contributed by atoms with E-state index in [9.17, 15) is 21.6 Å². The molecule has 0 heterocycles. The predicted octanol–water partition coefficient (Wildman–Crippen LogP) is 2.15. The first kappa shape index (κ1) is 17.9. The van der Waals surface area contributed by atoms with Crippen molar-refractivity contribution in [1.29, 1.82) is 0 Å². The molecule has 0 radical (unpaired) electrons. The van der Waals surface area contributed by atoms with E-state index in [0.29, 0.717) is 5.56 Å². The third-order valence-electron chi connectivity index (χ3n) is 2.81. The van der Waals surface area contributed by atoms with Crippen LogP contribution >= 0.6 is 0 Å². The third kappa shape index (κ3) is 6.92. The zero-order valence-electron chi connectivity index (χ0n) is 11.4. The van der Waals surface area contributed by atoms with Gasteiger partial charge in [0.15, 0.2) is 0 Å². The van der Waals surface area contributed by atoms with Crippen LogP contribution in [0.15, 0.2) is 30.3 Å². The van der Waals surface area contributed by atoms with Crippen molar-refractivity contribution in [3.05, 3.63) is 35.9 Å². The van der Waals surface area contributed by atoms with Crippen LogP contribution in [0.3, 0.4) is 0 Å².